The van der Waals surface area contributed by atoms with Crippen molar-refractivity contribution < 1.29 is 41.8 Å². The van der Waals surface area contributed by atoms with Crippen LogP contribution in [0, 0.1) is 11.8 Å². The van der Waals surface area contributed by atoms with Crippen LogP contribution in [0.5, 0.6) is 0 Å². The molecule has 6 heteroatoms. The van der Waals surface area contributed by atoms with Gasteiger partial charge in [-0.05, 0) is 161 Å². The van der Waals surface area contributed by atoms with Gasteiger partial charge in [-0.2, -0.15) is 0 Å². The monoisotopic (exact) mass is 1780 g/mol. The number of nitrogens with zero attached hydrogens (tertiary/aromatic N) is 4. The number of unbranched alkanes of at least 4 members (excludes halogenated alkanes) is 49. The summed E-state index contributed by atoms with van der Waals surface area (Å²) in [5.74, 6) is 7.20. The number of rotatable bonds is 71. The van der Waals surface area contributed by atoms with Gasteiger partial charge >= 0.3 is 208 Å². The van der Waals surface area contributed by atoms with E-state index in [-0.39, 0.29) is 0 Å². The van der Waals surface area contributed by atoms with Crippen LogP contribution in [0.25, 0.3) is 33.9 Å². The van der Waals surface area contributed by atoms with Crippen molar-refractivity contribution in [1.29, 1.82) is 0 Å². The van der Waals surface area contributed by atoms with Gasteiger partial charge in [-0.3, -0.25) is 0 Å². The van der Waals surface area contributed by atoms with E-state index in [4.69, 9.17) is 0 Å². The maximum absolute atomic E-state index is 12.0. The predicted molar refractivity (Wildman–Crippen MR) is 528 cm³/mol. The molecule has 0 amide bonds. The van der Waals surface area contributed by atoms with Crippen LogP contribution in [0.4, 0.5) is 0 Å². The fraction of sp³-hybridized carbons (Fsp3) is 0.702. The second kappa shape index (κ2) is 78.3. The van der Waals surface area contributed by atoms with Crippen LogP contribution in [-0.2, 0) is 58.1 Å². The van der Waals surface area contributed by atoms with E-state index in [1.807, 2.05) is 14.4 Å². The molecule has 4 nitrogen and oxygen atoms in total. The molecular formula is C114H188N4NiPd. The maximum atomic E-state index is 12.0. The van der Waals surface area contributed by atoms with E-state index in [2.05, 4.69) is 192 Å². The predicted octanol–water partition coefficient (Wildman–Crippen LogP) is 39.3. The normalized spacial score (nSPS) is 12.7. The molecule has 0 aliphatic carbocycles. The quantitative estimate of drug-likeness (QED) is 0.0183. The number of hydrogen-bond acceptors (Lipinski definition) is 0. The fourth-order valence-corrected chi connectivity index (χ4v) is 18.9. The standard InChI is InChI=1S/C43H62N2.C35H50N2.2C16H33.2C2H5.Ni.Pd/c1-5-9-13-15-17-18-19-21-23-27-41-40(26-22-20-16-14-10-6-2)42(38-32-28-36(29-33-38)24-11-7-3)45(44)43(41)39-34-30-37(31-35-39)25-12-8-4;1-5-8-11-14-17-29-20-24-31(25-21-29)34-28(4)33(19-16-13-10-7-3)35(37(34)36)32-26-22-30(23-27-32)18-15-12-9-6-2;2*1-3-5-7-9-11-13-15-16-14-12-10-8-6-4-2;2*1-2;;/h28-35H,5-22,24-26H2,1-4H3;20-27H,5-19H2,1-4H3;2*1,3-16H2,2H3;2*1H2,2H3;;. The average Bonchev–Trinajstić information content (AvgIpc) is 1.54. The summed E-state index contributed by atoms with van der Waals surface area (Å²) in [6.07, 6.45) is 85.2. The molecule has 2 aliphatic heterocycles. The molecule has 6 rings (SSSR count). The molecule has 0 fully saturated rings. The summed E-state index contributed by atoms with van der Waals surface area (Å²) >= 11 is 3.08. The van der Waals surface area contributed by atoms with Gasteiger partial charge in [0.05, 0.1) is 0 Å². The first-order chi connectivity index (χ1) is 59.1. The minimum absolute atomic E-state index is 0.857. The zero-order valence-corrected chi connectivity index (χ0v) is 83.3. The number of hydrogen-bond donors (Lipinski definition) is 0. The number of benzene rings is 4. The second-order valence-electron chi connectivity index (χ2n) is 35.4. The van der Waals surface area contributed by atoms with Crippen molar-refractivity contribution in [2.75, 3.05) is 0 Å². The molecule has 4 aromatic rings. The first-order valence-corrected chi connectivity index (χ1v) is 55.3. The molecule has 2 heterocycles. The Balaban J connectivity index is 0.000000457. The summed E-state index contributed by atoms with van der Waals surface area (Å²) in [7, 11) is 0. The van der Waals surface area contributed by atoms with Crippen molar-refractivity contribution >= 4 is 22.8 Å². The van der Waals surface area contributed by atoms with Gasteiger partial charge in [-0.25, -0.2) is 9.39 Å². The molecule has 120 heavy (non-hydrogen) atoms. The molecule has 0 aromatic heterocycles. The molecule has 0 saturated carbocycles. The van der Waals surface area contributed by atoms with Crippen LogP contribution in [0.15, 0.2) is 119 Å². The van der Waals surface area contributed by atoms with E-state index in [0.717, 1.165) is 133 Å². The molecule has 0 N–H and O–H groups in total. The van der Waals surface area contributed by atoms with Crippen LogP contribution < -0.4 is 0 Å². The zero-order chi connectivity index (χ0) is 86.6. The van der Waals surface area contributed by atoms with E-state index in [9.17, 15) is 11.1 Å². The van der Waals surface area contributed by atoms with Crippen LogP contribution in [0.3, 0.4) is 0 Å². The van der Waals surface area contributed by atoms with Gasteiger partial charge in [-0.1, -0.05) is 302 Å². The SMILES string of the molecule is CCCCCCC1=C(c2ccc(CCCCCC)cc2)[N+](=[N-])C(c2ccc(CCCCCC)cc2)=C1C.CCCCCCCCCC#CC1=C(c2ccc(CCCC)cc2)[N+](=[N-])C(c2ccc(CCCC)cc2)=C1CCCCCCCC.CCCCCCCCCCCCCCC[CH2][Ni][CH2]CCCCCCCCCCCCCCC.C[CH2][Pd][CH2]C. The van der Waals surface area contributed by atoms with Crippen LogP contribution in [-0.4, -0.2) is 9.39 Å². The van der Waals surface area contributed by atoms with Gasteiger partial charge < -0.3 is 11.1 Å². The molecule has 0 spiro atoms. The topological polar surface area (TPSA) is 50.6 Å². The van der Waals surface area contributed by atoms with Crippen LogP contribution in [0.2, 0.25) is 20.6 Å². The molecule has 2 aliphatic rings. The average molecular weight is 1780 g/mol. The summed E-state index contributed by atoms with van der Waals surface area (Å²) < 4.78 is 2.96. The van der Waals surface area contributed by atoms with E-state index >= 15 is 0 Å². The van der Waals surface area contributed by atoms with Crippen molar-refractivity contribution in [1.82, 2.24) is 0 Å². The Morgan fingerprint density at radius 2 is 0.483 bits per heavy atom. The molecule has 0 atom stereocenters. The molecule has 0 unspecified atom stereocenters. The van der Waals surface area contributed by atoms with Gasteiger partial charge in [0.25, 0.3) is 0 Å². The third-order valence-corrected chi connectivity index (χ3v) is 27.6. The summed E-state index contributed by atoms with van der Waals surface area (Å²) in [6.45, 7) is 27.1. The summed E-state index contributed by atoms with van der Waals surface area (Å²) in [5.41, 5.74) is 41.9. The van der Waals surface area contributed by atoms with Gasteiger partial charge in [-0.15, -0.1) is 0 Å². The summed E-state index contributed by atoms with van der Waals surface area (Å²) in [4.78, 5) is 2.79. The Labute approximate surface area is 760 Å². The van der Waals surface area contributed by atoms with Gasteiger partial charge in [0.15, 0.2) is 0 Å². The van der Waals surface area contributed by atoms with Crippen molar-refractivity contribution in [3.05, 3.63) is 175 Å². The first kappa shape index (κ1) is 110. The van der Waals surface area contributed by atoms with Gasteiger partial charge in [0.1, 0.15) is 5.57 Å². The second-order valence-corrected chi connectivity index (χ2v) is 39.8. The summed E-state index contributed by atoms with van der Waals surface area (Å²) in [5, 5.41) is 2.87. The van der Waals surface area contributed by atoms with Crippen LogP contribution >= 0.6 is 0 Å². The Morgan fingerprint density at radius 1 is 0.250 bits per heavy atom. The fourth-order valence-electron chi connectivity index (χ4n) is 16.9. The van der Waals surface area contributed by atoms with E-state index in [0.29, 0.717) is 0 Å². The van der Waals surface area contributed by atoms with E-state index < -0.39 is 0 Å². The third-order valence-electron chi connectivity index (χ3n) is 24.6. The Morgan fingerprint density at radius 3 is 0.792 bits per heavy atom. The minimum atomic E-state index is 0.857. The van der Waals surface area contributed by atoms with E-state index in [1.54, 1.807) is 0 Å². The van der Waals surface area contributed by atoms with E-state index in [1.165, 1.54) is 416 Å². The van der Waals surface area contributed by atoms with Gasteiger partial charge in [0, 0.05) is 45.4 Å². The van der Waals surface area contributed by atoms with Crippen molar-refractivity contribution in [3.63, 3.8) is 0 Å². The first-order valence-electron chi connectivity index (χ1n) is 51.7. The van der Waals surface area contributed by atoms with Crippen LogP contribution in [0.1, 0.15) is 513 Å². The van der Waals surface area contributed by atoms with Crippen molar-refractivity contribution in [3.8, 4) is 11.8 Å². The zero-order valence-electron chi connectivity index (χ0n) is 80.7. The Bertz CT molecular complexity index is 3280. The molecule has 4 aromatic carbocycles. The third kappa shape index (κ3) is 50.8. The molecule has 0 saturated heterocycles. The van der Waals surface area contributed by atoms with Crippen molar-refractivity contribution in [2.45, 2.75) is 515 Å². The Kier molecular flexibility index (Phi) is 71.7. The number of aryl methyl sites for hydroxylation is 4. The molecule has 0 radical (unpaired) electrons. The molecular weight excluding hydrogens is 1590 g/mol. The Hall–Kier alpha value is -4.24. The molecule has 684 valence electrons. The molecule has 0 bridgehead atoms. The summed E-state index contributed by atoms with van der Waals surface area (Å²) in [6, 6.07) is 35.7. The van der Waals surface area contributed by atoms with Gasteiger partial charge in [0.2, 0.25) is 22.8 Å². The van der Waals surface area contributed by atoms with Crippen molar-refractivity contribution in [2.24, 2.45) is 0 Å². The number of allylic oxidation sites excluding steroid dienone is 4.